The van der Waals surface area contributed by atoms with Gasteiger partial charge in [0.1, 0.15) is 0 Å². The first-order valence-electron chi connectivity index (χ1n) is 8.16. The Hall–Kier alpha value is -2.88. The summed E-state index contributed by atoms with van der Waals surface area (Å²) >= 11 is 0. The van der Waals surface area contributed by atoms with Crippen LogP contribution in [0.2, 0.25) is 0 Å². The molecule has 2 aromatic carbocycles. The molecule has 1 aliphatic rings. The van der Waals surface area contributed by atoms with E-state index in [4.69, 9.17) is 0 Å². The van der Waals surface area contributed by atoms with Gasteiger partial charge in [-0.1, -0.05) is 54.6 Å². The van der Waals surface area contributed by atoms with Gasteiger partial charge in [-0.15, -0.1) is 0 Å². The lowest BCUT2D eigenvalue weighted by molar-refractivity contribution is 0.0692. The summed E-state index contributed by atoms with van der Waals surface area (Å²) in [7, 11) is 0. The molecular formula is C20H18N2O2. The summed E-state index contributed by atoms with van der Waals surface area (Å²) in [6.45, 7) is 0. The minimum atomic E-state index is -0.983. The molecule has 0 saturated heterocycles. The van der Waals surface area contributed by atoms with E-state index in [-0.39, 0.29) is 11.7 Å². The molecule has 1 aliphatic carbocycles. The van der Waals surface area contributed by atoms with Crippen LogP contribution in [-0.2, 0) is 12.8 Å². The fourth-order valence-electron chi connectivity index (χ4n) is 3.59. The molecule has 4 nitrogen and oxygen atoms in total. The van der Waals surface area contributed by atoms with Crippen molar-refractivity contribution in [2.75, 3.05) is 0 Å². The van der Waals surface area contributed by atoms with Crippen molar-refractivity contribution in [1.29, 1.82) is 0 Å². The smallest absolute Gasteiger partial charge is 0.356 e. The van der Waals surface area contributed by atoms with E-state index in [1.54, 1.807) is 6.33 Å². The minimum absolute atomic E-state index is 0.125. The maximum Gasteiger partial charge on any atom is 0.356 e. The first-order chi connectivity index (χ1) is 11.7. The number of nitrogens with zero attached hydrogens (tertiary/aromatic N) is 2. The van der Waals surface area contributed by atoms with Crippen LogP contribution in [0.15, 0.2) is 60.9 Å². The lowest BCUT2D eigenvalue weighted by atomic mass is 9.88. The lowest BCUT2D eigenvalue weighted by Crippen LogP contribution is -2.19. The second-order valence-corrected chi connectivity index (χ2v) is 6.19. The zero-order chi connectivity index (χ0) is 16.5. The molecule has 4 heteroatoms. The van der Waals surface area contributed by atoms with Gasteiger partial charge in [-0.25, -0.2) is 9.78 Å². The molecule has 0 amide bonds. The van der Waals surface area contributed by atoms with Crippen LogP contribution in [0.5, 0.6) is 0 Å². The van der Waals surface area contributed by atoms with Crippen molar-refractivity contribution in [2.24, 2.45) is 0 Å². The van der Waals surface area contributed by atoms with Gasteiger partial charge in [-0.2, -0.15) is 0 Å². The summed E-state index contributed by atoms with van der Waals surface area (Å²) in [5, 5.41) is 9.52. The number of carbonyl (C=O) groups is 1. The summed E-state index contributed by atoms with van der Waals surface area (Å²) in [5.41, 5.74) is 4.46. The lowest BCUT2D eigenvalue weighted by Gasteiger charge is -2.27. The van der Waals surface area contributed by atoms with Crippen LogP contribution >= 0.6 is 0 Å². The van der Waals surface area contributed by atoms with E-state index in [1.165, 1.54) is 11.1 Å². The Kier molecular flexibility index (Phi) is 3.65. The number of hydrogen-bond donors (Lipinski definition) is 1. The van der Waals surface area contributed by atoms with Gasteiger partial charge in [-0.05, 0) is 30.4 Å². The number of aromatic nitrogens is 2. The summed E-state index contributed by atoms with van der Waals surface area (Å²) in [4.78, 5) is 15.8. The highest BCUT2D eigenvalue weighted by molar-refractivity contribution is 5.93. The van der Waals surface area contributed by atoms with Crippen molar-refractivity contribution < 1.29 is 9.90 Å². The molecule has 4 rings (SSSR count). The van der Waals surface area contributed by atoms with Crippen molar-refractivity contribution in [3.63, 3.8) is 0 Å². The molecule has 1 heterocycles. The maximum atomic E-state index is 11.6. The average molecular weight is 318 g/mol. The zero-order valence-corrected chi connectivity index (χ0v) is 13.2. The molecule has 1 unspecified atom stereocenters. The van der Waals surface area contributed by atoms with Gasteiger partial charge >= 0.3 is 5.97 Å². The minimum Gasteiger partial charge on any atom is -0.476 e. The number of aryl methyl sites for hydroxylation is 1. The highest BCUT2D eigenvalue weighted by Crippen LogP contribution is 2.33. The van der Waals surface area contributed by atoms with Crippen molar-refractivity contribution in [1.82, 2.24) is 9.55 Å². The third kappa shape index (κ3) is 2.50. The van der Waals surface area contributed by atoms with E-state index in [2.05, 4.69) is 33.8 Å². The van der Waals surface area contributed by atoms with E-state index in [0.29, 0.717) is 5.69 Å². The largest absolute Gasteiger partial charge is 0.476 e. The summed E-state index contributed by atoms with van der Waals surface area (Å²) < 4.78 is 2.05. The standard InChI is InChI=1S/C20H18N2O2/c23-20(24)18-19(15-7-2-1-3-8-15)22(13-21-18)17-11-10-14-6-4-5-9-16(14)12-17/h1-9,13,17H,10-12H2,(H,23,24). The SMILES string of the molecule is O=C(O)c1ncn(C2CCc3ccccc3C2)c1-c1ccccc1. The van der Waals surface area contributed by atoms with Crippen molar-refractivity contribution in [3.05, 3.63) is 77.7 Å². The number of carboxylic acids is 1. The van der Waals surface area contributed by atoms with Gasteiger partial charge in [-0.3, -0.25) is 0 Å². The first kappa shape index (κ1) is 14.7. The van der Waals surface area contributed by atoms with Gasteiger partial charge in [0.2, 0.25) is 0 Å². The third-order valence-corrected chi connectivity index (χ3v) is 4.76. The van der Waals surface area contributed by atoms with Crippen LogP contribution in [0.1, 0.15) is 34.1 Å². The van der Waals surface area contributed by atoms with E-state index in [1.807, 2.05) is 30.3 Å². The van der Waals surface area contributed by atoms with Gasteiger partial charge in [0, 0.05) is 11.6 Å². The van der Waals surface area contributed by atoms with Gasteiger partial charge in [0.25, 0.3) is 0 Å². The van der Waals surface area contributed by atoms with E-state index in [0.717, 1.165) is 24.8 Å². The normalized spacial score (nSPS) is 16.6. The number of fused-ring (bicyclic) bond motifs is 1. The molecule has 0 saturated carbocycles. The molecule has 1 aromatic heterocycles. The summed E-state index contributed by atoms with van der Waals surface area (Å²) in [6.07, 6.45) is 4.59. The van der Waals surface area contributed by atoms with Crippen molar-refractivity contribution >= 4 is 5.97 Å². The molecule has 0 bridgehead atoms. The molecular weight excluding hydrogens is 300 g/mol. The molecule has 0 aliphatic heterocycles. The molecule has 0 radical (unpaired) electrons. The first-order valence-corrected chi connectivity index (χ1v) is 8.16. The Morgan fingerprint density at radius 2 is 1.75 bits per heavy atom. The van der Waals surface area contributed by atoms with E-state index >= 15 is 0 Å². The number of carboxylic acid groups (broad SMARTS) is 1. The zero-order valence-electron chi connectivity index (χ0n) is 13.2. The Morgan fingerprint density at radius 1 is 1.04 bits per heavy atom. The summed E-state index contributed by atoms with van der Waals surface area (Å²) in [5.74, 6) is -0.983. The Morgan fingerprint density at radius 3 is 2.50 bits per heavy atom. The quantitative estimate of drug-likeness (QED) is 0.795. The number of rotatable bonds is 3. The number of aromatic carboxylic acids is 1. The van der Waals surface area contributed by atoms with Gasteiger partial charge in [0.05, 0.1) is 12.0 Å². The average Bonchev–Trinajstić information content (AvgIpc) is 3.07. The van der Waals surface area contributed by atoms with Crippen molar-refractivity contribution in [3.8, 4) is 11.3 Å². The maximum absolute atomic E-state index is 11.6. The second kappa shape index (κ2) is 5.96. The Balaban J connectivity index is 1.78. The van der Waals surface area contributed by atoms with Crippen molar-refractivity contribution in [2.45, 2.75) is 25.3 Å². The fraction of sp³-hybridized carbons (Fsp3) is 0.200. The van der Waals surface area contributed by atoms with Crippen LogP contribution in [0.4, 0.5) is 0 Å². The highest BCUT2D eigenvalue weighted by Gasteiger charge is 2.26. The molecule has 120 valence electrons. The molecule has 1 atom stereocenters. The van der Waals surface area contributed by atoms with Gasteiger partial charge < -0.3 is 9.67 Å². The highest BCUT2D eigenvalue weighted by atomic mass is 16.4. The van der Waals surface area contributed by atoms with E-state index < -0.39 is 5.97 Å². The van der Waals surface area contributed by atoms with Crippen LogP contribution in [0, 0.1) is 0 Å². The molecule has 24 heavy (non-hydrogen) atoms. The van der Waals surface area contributed by atoms with Crippen LogP contribution in [0.3, 0.4) is 0 Å². The third-order valence-electron chi connectivity index (χ3n) is 4.76. The fourth-order valence-corrected chi connectivity index (χ4v) is 3.59. The molecule has 3 aromatic rings. The summed E-state index contributed by atoms with van der Waals surface area (Å²) in [6, 6.07) is 18.4. The molecule has 0 fully saturated rings. The Bertz CT molecular complexity index is 884. The topological polar surface area (TPSA) is 55.1 Å². The Labute approximate surface area is 140 Å². The van der Waals surface area contributed by atoms with Crippen LogP contribution in [0.25, 0.3) is 11.3 Å². The number of benzene rings is 2. The second-order valence-electron chi connectivity index (χ2n) is 6.19. The van der Waals surface area contributed by atoms with Crippen LogP contribution < -0.4 is 0 Å². The number of hydrogen-bond acceptors (Lipinski definition) is 2. The monoisotopic (exact) mass is 318 g/mol. The number of imidazole rings is 1. The van der Waals surface area contributed by atoms with E-state index in [9.17, 15) is 9.90 Å². The molecule has 0 spiro atoms. The predicted molar refractivity (Wildman–Crippen MR) is 92.1 cm³/mol. The van der Waals surface area contributed by atoms with Gasteiger partial charge in [0.15, 0.2) is 5.69 Å². The molecule has 1 N–H and O–H groups in total. The predicted octanol–water partition coefficient (Wildman–Crippen LogP) is 3.98. The van der Waals surface area contributed by atoms with Crippen LogP contribution in [-0.4, -0.2) is 20.6 Å².